The average Bonchev–Trinajstić information content (AvgIpc) is 2.83. The number of aromatic carboxylic acids is 1. The quantitative estimate of drug-likeness (QED) is 0.729. The fourth-order valence-corrected chi connectivity index (χ4v) is 2.68. The van der Waals surface area contributed by atoms with E-state index >= 15 is 0 Å². The average molecular weight is 317 g/mol. The number of aryl methyl sites for hydroxylation is 1. The molecule has 0 atom stereocenters. The smallest absolute Gasteiger partial charge is 0.340 e. The Bertz CT molecular complexity index is 771. The van der Waals surface area contributed by atoms with E-state index < -0.39 is 26.6 Å². The van der Waals surface area contributed by atoms with Crippen LogP contribution >= 0.6 is 11.6 Å². The number of halogens is 1. The standard InChI is InChI=1S/C10H9ClN4O4S/c1-5-2-6(3-12-8(5)11)15-20(18,19)9-7(10(16)17)4-13-14-9/h2-4,15H,1H3,(H,13,14)(H,16,17). The monoisotopic (exact) mass is 316 g/mol. The topological polar surface area (TPSA) is 125 Å². The van der Waals surface area contributed by atoms with E-state index in [2.05, 4.69) is 19.9 Å². The van der Waals surface area contributed by atoms with Crippen molar-refractivity contribution in [3.05, 3.63) is 34.7 Å². The summed E-state index contributed by atoms with van der Waals surface area (Å²) < 4.78 is 26.4. The third kappa shape index (κ3) is 2.73. The molecular formula is C10H9ClN4O4S. The largest absolute Gasteiger partial charge is 0.478 e. The molecule has 20 heavy (non-hydrogen) atoms. The molecule has 0 aliphatic carbocycles. The van der Waals surface area contributed by atoms with Crippen LogP contribution in [0.15, 0.2) is 23.5 Å². The van der Waals surface area contributed by atoms with Crippen LogP contribution in [0.2, 0.25) is 5.15 Å². The minimum absolute atomic E-state index is 0.165. The summed E-state index contributed by atoms with van der Waals surface area (Å²) in [6.45, 7) is 1.66. The van der Waals surface area contributed by atoms with Crippen molar-refractivity contribution in [1.82, 2.24) is 15.2 Å². The molecule has 10 heteroatoms. The predicted octanol–water partition coefficient (Wildman–Crippen LogP) is 1.27. The Labute approximate surface area is 118 Å². The van der Waals surface area contributed by atoms with E-state index in [0.717, 1.165) is 6.20 Å². The number of hydrogen-bond donors (Lipinski definition) is 3. The van der Waals surface area contributed by atoms with Crippen LogP contribution in [-0.2, 0) is 10.0 Å². The van der Waals surface area contributed by atoms with Crippen LogP contribution in [0.4, 0.5) is 5.69 Å². The number of nitrogens with one attached hydrogen (secondary N) is 2. The van der Waals surface area contributed by atoms with Crippen molar-refractivity contribution >= 4 is 33.3 Å². The number of carbonyl (C=O) groups is 1. The number of aromatic amines is 1. The lowest BCUT2D eigenvalue weighted by Gasteiger charge is -2.07. The molecule has 0 aliphatic rings. The highest BCUT2D eigenvalue weighted by molar-refractivity contribution is 7.92. The number of anilines is 1. The van der Waals surface area contributed by atoms with Gasteiger partial charge >= 0.3 is 5.97 Å². The van der Waals surface area contributed by atoms with Gasteiger partial charge in [0.2, 0.25) is 0 Å². The lowest BCUT2D eigenvalue weighted by atomic mass is 10.3. The zero-order valence-electron chi connectivity index (χ0n) is 10.1. The molecular weight excluding hydrogens is 308 g/mol. The summed E-state index contributed by atoms with van der Waals surface area (Å²) in [5, 5.41) is 14.2. The zero-order valence-corrected chi connectivity index (χ0v) is 11.7. The number of rotatable bonds is 4. The Kier molecular flexibility index (Phi) is 3.64. The molecule has 0 unspecified atom stereocenters. The van der Waals surface area contributed by atoms with Gasteiger partial charge in [0.1, 0.15) is 10.7 Å². The maximum absolute atomic E-state index is 12.1. The Morgan fingerprint density at radius 3 is 2.75 bits per heavy atom. The second-order valence-corrected chi connectivity index (χ2v) is 5.83. The fraction of sp³-hybridized carbons (Fsp3) is 0.100. The molecule has 3 N–H and O–H groups in total. The molecule has 0 amide bonds. The van der Waals surface area contributed by atoms with Gasteiger partial charge in [-0.3, -0.25) is 9.82 Å². The fourth-order valence-electron chi connectivity index (χ4n) is 1.45. The normalized spacial score (nSPS) is 11.3. The number of H-pyrrole nitrogens is 1. The SMILES string of the molecule is Cc1cc(NS(=O)(=O)c2[nH]ncc2C(=O)O)cnc1Cl. The van der Waals surface area contributed by atoms with Gasteiger partial charge in [0.05, 0.1) is 18.1 Å². The predicted molar refractivity (Wildman–Crippen MR) is 70.3 cm³/mol. The van der Waals surface area contributed by atoms with Gasteiger partial charge in [0, 0.05) is 0 Å². The van der Waals surface area contributed by atoms with E-state index in [1.54, 1.807) is 6.92 Å². The van der Waals surface area contributed by atoms with Gasteiger partial charge < -0.3 is 5.11 Å². The summed E-state index contributed by atoms with van der Waals surface area (Å²) in [7, 11) is -4.11. The minimum Gasteiger partial charge on any atom is -0.478 e. The maximum atomic E-state index is 12.1. The second kappa shape index (κ2) is 5.10. The van der Waals surface area contributed by atoms with E-state index in [1.165, 1.54) is 12.3 Å². The van der Waals surface area contributed by atoms with Gasteiger partial charge in [-0.25, -0.2) is 9.78 Å². The highest BCUT2D eigenvalue weighted by atomic mass is 35.5. The van der Waals surface area contributed by atoms with Crippen molar-refractivity contribution in [3.63, 3.8) is 0 Å². The molecule has 8 nitrogen and oxygen atoms in total. The molecule has 2 rings (SSSR count). The molecule has 2 aromatic heterocycles. The van der Waals surface area contributed by atoms with Crippen LogP contribution < -0.4 is 4.72 Å². The van der Waals surface area contributed by atoms with Gasteiger partial charge in [0.15, 0.2) is 5.03 Å². The van der Waals surface area contributed by atoms with Crippen molar-refractivity contribution in [2.24, 2.45) is 0 Å². The van der Waals surface area contributed by atoms with E-state index in [-0.39, 0.29) is 10.8 Å². The van der Waals surface area contributed by atoms with Crippen molar-refractivity contribution in [2.75, 3.05) is 4.72 Å². The molecule has 0 saturated heterocycles. The van der Waals surface area contributed by atoms with Gasteiger partial charge in [-0.2, -0.15) is 13.5 Å². The number of carboxylic acid groups (broad SMARTS) is 1. The van der Waals surface area contributed by atoms with Crippen molar-refractivity contribution in [3.8, 4) is 0 Å². The van der Waals surface area contributed by atoms with E-state index in [9.17, 15) is 13.2 Å². The number of hydrogen-bond acceptors (Lipinski definition) is 5. The van der Waals surface area contributed by atoms with Crippen LogP contribution in [-0.4, -0.2) is 34.7 Å². The summed E-state index contributed by atoms with van der Waals surface area (Å²) in [5.74, 6) is -1.40. The van der Waals surface area contributed by atoms with Crippen LogP contribution in [0, 0.1) is 6.92 Å². The molecule has 2 heterocycles. The highest BCUT2D eigenvalue weighted by Gasteiger charge is 2.25. The molecule has 2 aromatic rings. The Morgan fingerprint density at radius 1 is 1.45 bits per heavy atom. The molecule has 0 aromatic carbocycles. The van der Waals surface area contributed by atoms with Gasteiger partial charge in [0.25, 0.3) is 10.0 Å². The lowest BCUT2D eigenvalue weighted by Crippen LogP contribution is -2.17. The lowest BCUT2D eigenvalue weighted by molar-refractivity contribution is 0.0692. The highest BCUT2D eigenvalue weighted by Crippen LogP contribution is 2.20. The Morgan fingerprint density at radius 2 is 2.15 bits per heavy atom. The summed E-state index contributed by atoms with van der Waals surface area (Å²) in [6.07, 6.45) is 2.14. The molecule has 0 bridgehead atoms. The van der Waals surface area contributed by atoms with Crippen molar-refractivity contribution in [1.29, 1.82) is 0 Å². The van der Waals surface area contributed by atoms with Crippen LogP contribution in [0.3, 0.4) is 0 Å². The first kappa shape index (κ1) is 14.3. The van der Waals surface area contributed by atoms with Crippen LogP contribution in [0.25, 0.3) is 0 Å². The summed E-state index contributed by atoms with van der Waals surface area (Å²) in [5.41, 5.74) is 0.295. The molecule has 106 valence electrons. The van der Waals surface area contributed by atoms with Gasteiger partial charge in [-0.05, 0) is 18.6 Å². The summed E-state index contributed by atoms with van der Waals surface area (Å²) in [6, 6.07) is 1.48. The van der Waals surface area contributed by atoms with E-state index in [4.69, 9.17) is 16.7 Å². The van der Waals surface area contributed by atoms with Crippen molar-refractivity contribution < 1.29 is 18.3 Å². The Hall–Kier alpha value is -2.13. The van der Waals surface area contributed by atoms with Gasteiger partial charge in [-0.1, -0.05) is 11.6 Å². The van der Waals surface area contributed by atoms with E-state index in [0.29, 0.717) is 5.56 Å². The maximum Gasteiger partial charge on any atom is 0.340 e. The molecule has 0 radical (unpaired) electrons. The molecule has 0 aliphatic heterocycles. The second-order valence-electron chi connectivity index (χ2n) is 3.86. The summed E-state index contributed by atoms with van der Waals surface area (Å²) >= 11 is 5.74. The molecule has 0 spiro atoms. The number of sulfonamides is 1. The Balaban J connectivity index is 2.38. The van der Waals surface area contributed by atoms with Crippen LogP contribution in [0.5, 0.6) is 0 Å². The first-order valence-corrected chi connectivity index (χ1v) is 7.09. The van der Waals surface area contributed by atoms with E-state index in [1.807, 2.05) is 0 Å². The molecule has 0 fully saturated rings. The number of carboxylic acids is 1. The summed E-state index contributed by atoms with van der Waals surface area (Å²) in [4.78, 5) is 14.7. The van der Waals surface area contributed by atoms with Crippen LogP contribution in [0.1, 0.15) is 15.9 Å². The third-order valence-corrected chi connectivity index (χ3v) is 4.12. The third-order valence-electron chi connectivity index (χ3n) is 2.37. The zero-order chi connectivity index (χ0) is 14.9. The number of pyridine rings is 1. The number of nitrogens with zero attached hydrogens (tertiary/aromatic N) is 2. The molecule has 0 saturated carbocycles. The van der Waals surface area contributed by atoms with Gasteiger partial charge in [-0.15, -0.1) is 0 Å². The first-order valence-electron chi connectivity index (χ1n) is 5.23. The minimum atomic E-state index is -4.11. The number of aromatic nitrogens is 3. The van der Waals surface area contributed by atoms with Crippen molar-refractivity contribution in [2.45, 2.75) is 11.9 Å². The first-order chi connectivity index (χ1) is 9.31.